The molecule has 0 aliphatic carbocycles. The topological polar surface area (TPSA) is 0 Å². The molecule has 0 radical (unpaired) electrons. The van der Waals surface area contributed by atoms with Gasteiger partial charge in [-0.05, 0) is 170 Å². The van der Waals surface area contributed by atoms with Gasteiger partial charge in [-0.3, -0.25) is 0 Å². The summed E-state index contributed by atoms with van der Waals surface area (Å²) in [4.78, 5) is 0. The second-order valence-corrected chi connectivity index (χ2v) is 17.3. The van der Waals surface area contributed by atoms with Crippen molar-refractivity contribution in [3.05, 3.63) is 267 Å². The summed E-state index contributed by atoms with van der Waals surface area (Å²) >= 11 is 0. The molecule has 12 aromatic rings. The molecule has 0 unspecified atom stereocenters. The zero-order chi connectivity index (χ0) is 43.8. The van der Waals surface area contributed by atoms with Crippen molar-refractivity contribution in [2.75, 3.05) is 0 Å². The molecule has 0 heteroatoms. The van der Waals surface area contributed by atoms with Crippen LogP contribution >= 0.6 is 0 Å². The Labute approximate surface area is 386 Å². The van der Waals surface area contributed by atoms with Crippen LogP contribution in [0.4, 0.5) is 0 Å². The Balaban J connectivity index is 1.06. The van der Waals surface area contributed by atoms with Crippen molar-refractivity contribution in [1.82, 2.24) is 0 Å². The summed E-state index contributed by atoms with van der Waals surface area (Å²) in [6, 6.07) is 98.0. The third-order valence-electron chi connectivity index (χ3n) is 13.2. The van der Waals surface area contributed by atoms with Crippen LogP contribution in [0.3, 0.4) is 0 Å². The quantitative estimate of drug-likeness (QED) is 0.134. The lowest BCUT2D eigenvalue weighted by molar-refractivity contribution is 1.55. The van der Waals surface area contributed by atoms with Crippen molar-refractivity contribution in [1.29, 1.82) is 0 Å². The number of rotatable bonds is 8. The second kappa shape index (κ2) is 16.8. The van der Waals surface area contributed by atoms with Gasteiger partial charge in [-0.1, -0.05) is 218 Å². The van der Waals surface area contributed by atoms with Gasteiger partial charge in [-0.25, -0.2) is 0 Å². The van der Waals surface area contributed by atoms with Gasteiger partial charge in [0.1, 0.15) is 0 Å². The van der Waals surface area contributed by atoms with Crippen LogP contribution in [0.5, 0.6) is 0 Å². The summed E-state index contributed by atoms with van der Waals surface area (Å²) in [5.74, 6) is 0. The summed E-state index contributed by atoms with van der Waals surface area (Å²) in [7, 11) is 0. The van der Waals surface area contributed by atoms with Crippen LogP contribution in [0, 0.1) is 0 Å². The van der Waals surface area contributed by atoms with E-state index in [0.717, 1.165) is 0 Å². The first-order valence-corrected chi connectivity index (χ1v) is 22.8. The maximum atomic E-state index is 2.42. The van der Waals surface area contributed by atoms with Gasteiger partial charge < -0.3 is 0 Å². The summed E-state index contributed by atoms with van der Waals surface area (Å²) < 4.78 is 0. The van der Waals surface area contributed by atoms with Crippen LogP contribution in [0.25, 0.3) is 121 Å². The van der Waals surface area contributed by atoms with Crippen LogP contribution in [0.15, 0.2) is 267 Å². The average Bonchev–Trinajstić information content (AvgIpc) is 3.40. The predicted octanol–water partition coefficient (Wildman–Crippen LogP) is 18.5. The molecular weight excluding hydrogens is 793 g/mol. The minimum atomic E-state index is 1.17. The fourth-order valence-electron chi connectivity index (χ4n) is 9.98. The molecule has 0 nitrogen and oxygen atoms in total. The normalized spacial score (nSPS) is 11.3. The van der Waals surface area contributed by atoms with Crippen LogP contribution in [-0.4, -0.2) is 0 Å². The molecule has 0 bridgehead atoms. The van der Waals surface area contributed by atoms with Gasteiger partial charge in [0.15, 0.2) is 0 Å². The molecule has 308 valence electrons. The highest BCUT2D eigenvalue weighted by Gasteiger charge is 2.19. The van der Waals surface area contributed by atoms with Crippen LogP contribution in [0.2, 0.25) is 0 Å². The molecule has 0 aromatic heterocycles. The lowest BCUT2D eigenvalue weighted by Crippen LogP contribution is -1.93. The first-order chi connectivity index (χ1) is 32.7. The van der Waals surface area contributed by atoms with E-state index < -0.39 is 0 Å². The molecule has 0 spiro atoms. The fraction of sp³-hybridized carbons (Fsp3) is 0. The molecule has 0 N–H and O–H groups in total. The second-order valence-electron chi connectivity index (χ2n) is 17.3. The van der Waals surface area contributed by atoms with Crippen molar-refractivity contribution in [2.24, 2.45) is 0 Å². The van der Waals surface area contributed by atoms with Crippen LogP contribution < -0.4 is 0 Å². The van der Waals surface area contributed by atoms with E-state index in [1.807, 2.05) is 0 Å². The molecule has 0 aliphatic rings. The Bertz CT molecular complexity index is 3540. The zero-order valence-corrected chi connectivity index (χ0v) is 36.4. The summed E-state index contributed by atoms with van der Waals surface area (Å²) in [6.45, 7) is 0. The largest absolute Gasteiger partial charge is 0.0622 e. The molecule has 0 amide bonds. The standard InChI is InChI=1S/C66H44/c1-3-17-45(18-4-1)49-23-13-25-51(37-49)53-27-15-29-55(39-53)58-42-59(56-30-16-28-54(40-56)52-26-14-24-50(38-52)46-19-5-2-6-20-46)44-60(43-58)66-63-33-11-9-31-61(63)65(62-32-10-12-34-64(62)66)57-36-35-47-21-7-8-22-48(47)41-57/h1-44H. The predicted molar refractivity (Wildman–Crippen MR) is 282 cm³/mol. The molecule has 66 heavy (non-hydrogen) atoms. The van der Waals surface area contributed by atoms with Gasteiger partial charge in [0.05, 0.1) is 0 Å². The first-order valence-electron chi connectivity index (χ1n) is 22.8. The molecule has 0 saturated heterocycles. The lowest BCUT2D eigenvalue weighted by atomic mass is 9.84. The van der Waals surface area contributed by atoms with Crippen molar-refractivity contribution < 1.29 is 0 Å². The van der Waals surface area contributed by atoms with Gasteiger partial charge in [0.2, 0.25) is 0 Å². The minimum Gasteiger partial charge on any atom is -0.0622 e. The van der Waals surface area contributed by atoms with E-state index in [1.165, 1.54) is 121 Å². The van der Waals surface area contributed by atoms with Crippen molar-refractivity contribution >= 4 is 32.3 Å². The number of benzene rings is 12. The molecule has 0 atom stereocenters. The first kappa shape index (κ1) is 39.0. The Morgan fingerprint density at radius 2 is 0.424 bits per heavy atom. The highest BCUT2D eigenvalue weighted by atomic mass is 14.2. The Hall–Kier alpha value is -8.58. The zero-order valence-electron chi connectivity index (χ0n) is 36.4. The van der Waals surface area contributed by atoms with Crippen molar-refractivity contribution in [3.8, 4) is 89.0 Å². The summed E-state index contributed by atoms with van der Waals surface area (Å²) in [5, 5.41) is 7.45. The average molecular weight is 837 g/mol. The van der Waals surface area contributed by atoms with Gasteiger partial charge in [0.25, 0.3) is 0 Å². The van der Waals surface area contributed by atoms with Crippen LogP contribution in [-0.2, 0) is 0 Å². The third-order valence-corrected chi connectivity index (χ3v) is 13.2. The Morgan fingerprint density at radius 3 is 0.848 bits per heavy atom. The fourth-order valence-corrected chi connectivity index (χ4v) is 9.98. The molecule has 0 saturated carbocycles. The van der Waals surface area contributed by atoms with Crippen LogP contribution in [0.1, 0.15) is 0 Å². The highest BCUT2D eigenvalue weighted by Crippen LogP contribution is 2.46. The molecule has 0 heterocycles. The maximum Gasteiger partial charge on any atom is -0.00259 e. The SMILES string of the molecule is c1ccc(-c2cccc(-c3cccc(-c4cc(-c5cccc(-c6cccc(-c7ccccc7)c6)c5)cc(-c5c6ccccc6c(-c6ccc7ccccc7c6)c6ccccc56)c4)c3)c2)cc1. The number of hydrogen-bond donors (Lipinski definition) is 0. The van der Waals surface area contributed by atoms with Gasteiger partial charge in [-0.15, -0.1) is 0 Å². The van der Waals surface area contributed by atoms with Gasteiger partial charge >= 0.3 is 0 Å². The number of hydrogen-bond acceptors (Lipinski definition) is 0. The summed E-state index contributed by atoms with van der Waals surface area (Å²) in [6.07, 6.45) is 0. The van der Waals surface area contributed by atoms with E-state index in [-0.39, 0.29) is 0 Å². The smallest absolute Gasteiger partial charge is 0.00259 e. The van der Waals surface area contributed by atoms with E-state index in [0.29, 0.717) is 0 Å². The van der Waals surface area contributed by atoms with Crippen molar-refractivity contribution in [2.45, 2.75) is 0 Å². The highest BCUT2D eigenvalue weighted by molar-refractivity contribution is 6.22. The van der Waals surface area contributed by atoms with E-state index in [2.05, 4.69) is 267 Å². The van der Waals surface area contributed by atoms with E-state index in [1.54, 1.807) is 0 Å². The maximum absolute atomic E-state index is 2.42. The third kappa shape index (κ3) is 7.35. The molecule has 12 rings (SSSR count). The van der Waals surface area contributed by atoms with Gasteiger partial charge in [-0.2, -0.15) is 0 Å². The Morgan fingerprint density at radius 1 is 0.136 bits per heavy atom. The minimum absolute atomic E-state index is 1.17. The monoisotopic (exact) mass is 836 g/mol. The molecule has 0 fully saturated rings. The summed E-state index contributed by atoms with van der Waals surface area (Å²) in [5.41, 5.74) is 19.2. The molecule has 0 aliphatic heterocycles. The lowest BCUT2D eigenvalue weighted by Gasteiger charge is -2.19. The van der Waals surface area contributed by atoms with E-state index in [4.69, 9.17) is 0 Å². The Kier molecular flexibility index (Phi) is 9.97. The van der Waals surface area contributed by atoms with Gasteiger partial charge in [0, 0.05) is 0 Å². The van der Waals surface area contributed by atoms with E-state index in [9.17, 15) is 0 Å². The molecule has 12 aromatic carbocycles. The number of fused-ring (bicyclic) bond motifs is 3. The van der Waals surface area contributed by atoms with Crippen molar-refractivity contribution in [3.63, 3.8) is 0 Å². The van der Waals surface area contributed by atoms with E-state index >= 15 is 0 Å². The molecular formula is C66H44.